The van der Waals surface area contributed by atoms with Crippen molar-refractivity contribution in [1.29, 1.82) is 0 Å². The van der Waals surface area contributed by atoms with E-state index in [1.807, 2.05) is 31.2 Å². The number of anilines is 2. The molecule has 0 bridgehead atoms. The standard InChI is InChI=1S/C20H24N4O4/c1-4-15-7-5-6-8-18(15)21-19(25)13-22(2)14-20(26)23(3)16-9-11-17(12-10-16)24(27)28/h5-12H,4,13-14H2,1-3H3,(H,21,25). The summed E-state index contributed by atoms with van der Waals surface area (Å²) in [6.07, 6.45) is 0.810. The fourth-order valence-electron chi connectivity index (χ4n) is 2.72. The third-order valence-electron chi connectivity index (χ3n) is 4.31. The van der Waals surface area contributed by atoms with Gasteiger partial charge in [-0.15, -0.1) is 0 Å². The Labute approximate surface area is 163 Å². The summed E-state index contributed by atoms with van der Waals surface area (Å²) in [7, 11) is 3.28. The first-order chi connectivity index (χ1) is 13.3. The molecule has 0 spiro atoms. The van der Waals surface area contributed by atoms with Gasteiger partial charge in [-0.05, 0) is 37.2 Å². The molecule has 8 nitrogen and oxygen atoms in total. The molecule has 0 saturated heterocycles. The fourth-order valence-corrected chi connectivity index (χ4v) is 2.72. The number of benzene rings is 2. The summed E-state index contributed by atoms with van der Waals surface area (Å²) in [5.74, 6) is -0.424. The highest BCUT2D eigenvalue weighted by atomic mass is 16.6. The summed E-state index contributed by atoms with van der Waals surface area (Å²) in [6.45, 7) is 2.12. The molecule has 2 aromatic carbocycles. The van der Waals surface area contributed by atoms with Crippen LogP contribution in [0, 0.1) is 10.1 Å². The number of nitro benzene ring substituents is 1. The molecule has 2 amide bonds. The average Bonchev–Trinajstić information content (AvgIpc) is 2.67. The molecular weight excluding hydrogens is 360 g/mol. The predicted molar refractivity (Wildman–Crippen MR) is 108 cm³/mol. The number of aryl methyl sites for hydroxylation is 1. The van der Waals surface area contributed by atoms with Crippen LogP contribution in [0.4, 0.5) is 17.1 Å². The van der Waals surface area contributed by atoms with Crippen molar-refractivity contribution in [3.05, 3.63) is 64.2 Å². The summed E-state index contributed by atoms with van der Waals surface area (Å²) < 4.78 is 0. The number of nitro groups is 1. The maximum absolute atomic E-state index is 12.4. The Bertz CT molecular complexity index is 852. The molecule has 28 heavy (non-hydrogen) atoms. The Morgan fingerprint density at radius 2 is 1.68 bits per heavy atom. The van der Waals surface area contributed by atoms with E-state index in [0.29, 0.717) is 5.69 Å². The maximum Gasteiger partial charge on any atom is 0.269 e. The number of rotatable bonds is 8. The van der Waals surface area contributed by atoms with E-state index in [-0.39, 0.29) is 30.6 Å². The second kappa shape index (κ2) is 9.61. The van der Waals surface area contributed by atoms with Gasteiger partial charge in [-0.3, -0.25) is 24.6 Å². The number of para-hydroxylation sites is 1. The van der Waals surface area contributed by atoms with Crippen molar-refractivity contribution < 1.29 is 14.5 Å². The second-order valence-corrected chi connectivity index (χ2v) is 6.46. The topological polar surface area (TPSA) is 95.8 Å². The van der Waals surface area contributed by atoms with Crippen molar-refractivity contribution in [2.45, 2.75) is 13.3 Å². The molecule has 0 radical (unpaired) electrons. The summed E-state index contributed by atoms with van der Waals surface area (Å²) in [5, 5.41) is 13.6. The van der Waals surface area contributed by atoms with Gasteiger partial charge in [0, 0.05) is 30.6 Å². The van der Waals surface area contributed by atoms with Gasteiger partial charge in [-0.1, -0.05) is 25.1 Å². The molecule has 0 aliphatic rings. The molecule has 0 heterocycles. The van der Waals surface area contributed by atoms with Gasteiger partial charge in [0.05, 0.1) is 18.0 Å². The van der Waals surface area contributed by atoms with E-state index in [9.17, 15) is 19.7 Å². The summed E-state index contributed by atoms with van der Waals surface area (Å²) in [4.78, 5) is 38.0. The van der Waals surface area contributed by atoms with Gasteiger partial charge >= 0.3 is 0 Å². The number of amides is 2. The van der Waals surface area contributed by atoms with Gasteiger partial charge < -0.3 is 10.2 Å². The van der Waals surface area contributed by atoms with E-state index >= 15 is 0 Å². The van der Waals surface area contributed by atoms with Crippen LogP contribution in [0.5, 0.6) is 0 Å². The van der Waals surface area contributed by atoms with Gasteiger partial charge in [0.1, 0.15) is 0 Å². The number of nitrogens with one attached hydrogen (secondary N) is 1. The van der Waals surface area contributed by atoms with Crippen molar-refractivity contribution >= 4 is 28.9 Å². The van der Waals surface area contributed by atoms with E-state index in [0.717, 1.165) is 17.7 Å². The third-order valence-corrected chi connectivity index (χ3v) is 4.31. The summed E-state index contributed by atoms with van der Waals surface area (Å²) >= 11 is 0. The molecule has 2 rings (SSSR count). The molecule has 0 aliphatic heterocycles. The first kappa shape index (κ1) is 21.0. The summed E-state index contributed by atoms with van der Waals surface area (Å²) in [5.41, 5.74) is 2.33. The van der Waals surface area contributed by atoms with Crippen molar-refractivity contribution in [3.63, 3.8) is 0 Å². The van der Waals surface area contributed by atoms with Crippen molar-refractivity contribution in [3.8, 4) is 0 Å². The fraction of sp³-hybridized carbons (Fsp3) is 0.300. The van der Waals surface area contributed by atoms with E-state index < -0.39 is 4.92 Å². The Morgan fingerprint density at radius 1 is 1.04 bits per heavy atom. The van der Waals surface area contributed by atoms with Crippen LogP contribution in [0.2, 0.25) is 0 Å². The van der Waals surface area contributed by atoms with E-state index in [1.54, 1.807) is 19.0 Å². The number of carbonyl (C=O) groups is 2. The molecule has 1 N–H and O–H groups in total. The van der Waals surface area contributed by atoms with Crippen LogP contribution in [-0.2, 0) is 16.0 Å². The van der Waals surface area contributed by atoms with Crippen molar-refractivity contribution in [1.82, 2.24) is 4.90 Å². The van der Waals surface area contributed by atoms with E-state index in [2.05, 4.69) is 5.32 Å². The van der Waals surface area contributed by atoms with Crippen LogP contribution < -0.4 is 10.2 Å². The minimum Gasteiger partial charge on any atom is -0.325 e. The van der Waals surface area contributed by atoms with Crippen LogP contribution in [-0.4, -0.2) is 48.8 Å². The average molecular weight is 384 g/mol. The normalized spacial score (nSPS) is 10.6. The van der Waals surface area contributed by atoms with Crippen LogP contribution in [0.25, 0.3) is 0 Å². The zero-order valence-electron chi connectivity index (χ0n) is 16.2. The first-order valence-corrected chi connectivity index (χ1v) is 8.89. The lowest BCUT2D eigenvalue weighted by Crippen LogP contribution is -2.40. The highest BCUT2D eigenvalue weighted by Gasteiger charge is 2.17. The highest BCUT2D eigenvalue weighted by molar-refractivity contribution is 5.96. The Balaban J connectivity index is 1.90. The number of likely N-dealkylation sites (N-methyl/N-ethyl adjacent to an activating group) is 2. The maximum atomic E-state index is 12.4. The molecule has 0 saturated carbocycles. The molecule has 0 aromatic heterocycles. The Hall–Kier alpha value is -3.26. The quantitative estimate of drug-likeness (QED) is 0.558. The molecule has 148 valence electrons. The molecule has 0 atom stereocenters. The van der Waals surface area contributed by atoms with Crippen LogP contribution in [0.1, 0.15) is 12.5 Å². The molecule has 0 fully saturated rings. The minimum atomic E-state index is -0.491. The zero-order chi connectivity index (χ0) is 20.7. The second-order valence-electron chi connectivity index (χ2n) is 6.46. The van der Waals surface area contributed by atoms with E-state index in [4.69, 9.17) is 0 Å². The monoisotopic (exact) mass is 384 g/mol. The zero-order valence-corrected chi connectivity index (χ0v) is 16.2. The molecule has 8 heteroatoms. The van der Waals surface area contributed by atoms with Crippen LogP contribution >= 0.6 is 0 Å². The van der Waals surface area contributed by atoms with Crippen molar-refractivity contribution in [2.75, 3.05) is 37.4 Å². The van der Waals surface area contributed by atoms with Gasteiger partial charge in [0.15, 0.2) is 0 Å². The SMILES string of the molecule is CCc1ccccc1NC(=O)CN(C)CC(=O)N(C)c1ccc([N+](=O)[O-])cc1. The van der Waals surface area contributed by atoms with Gasteiger partial charge in [0.25, 0.3) is 5.69 Å². The number of hydrogen-bond donors (Lipinski definition) is 1. The molecule has 0 unspecified atom stereocenters. The first-order valence-electron chi connectivity index (χ1n) is 8.89. The summed E-state index contributed by atoms with van der Waals surface area (Å²) in [6, 6.07) is 13.3. The Kier molecular flexibility index (Phi) is 7.22. The van der Waals surface area contributed by atoms with Gasteiger partial charge in [-0.25, -0.2) is 0 Å². The molecule has 0 aliphatic carbocycles. The Morgan fingerprint density at radius 3 is 2.29 bits per heavy atom. The van der Waals surface area contributed by atoms with Gasteiger partial charge in [0.2, 0.25) is 11.8 Å². The van der Waals surface area contributed by atoms with Crippen LogP contribution in [0.3, 0.4) is 0 Å². The lowest BCUT2D eigenvalue weighted by molar-refractivity contribution is -0.384. The van der Waals surface area contributed by atoms with Crippen LogP contribution in [0.15, 0.2) is 48.5 Å². The minimum absolute atomic E-state index is 0.0363. The molecular formula is C20H24N4O4. The smallest absolute Gasteiger partial charge is 0.269 e. The lowest BCUT2D eigenvalue weighted by atomic mass is 10.1. The van der Waals surface area contributed by atoms with Gasteiger partial charge in [-0.2, -0.15) is 0 Å². The predicted octanol–water partition coefficient (Wildman–Crippen LogP) is 2.69. The molecule has 2 aromatic rings. The number of carbonyl (C=O) groups excluding carboxylic acids is 2. The number of hydrogen-bond acceptors (Lipinski definition) is 5. The number of nitrogens with zero attached hydrogens (tertiary/aromatic N) is 3. The third kappa shape index (κ3) is 5.62. The van der Waals surface area contributed by atoms with E-state index in [1.165, 1.54) is 29.2 Å². The highest BCUT2D eigenvalue weighted by Crippen LogP contribution is 2.18. The van der Waals surface area contributed by atoms with Crippen molar-refractivity contribution in [2.24, 2.45) is 0 Å². The lowest BCUT2D eigenvalue weighted by Gasteiger charge is -2.22. The largest absolute Gasteiger partial charge is 0.325 e. The number of non-ortho nitro benzene ring substituents is 1.